The Morgan fingerprint density at radius 2 is 0.874 bits per heavy atom. The number of primary amides is 1. The van der Waals surface area contributed by atoms with Gasteiger partial charge in [0.15, 0.2) is 0 Å². The van der Waals surface area contributed by atoms with Crippen molar-refractivity contribution >= 4 is 70.9 Å². The number of unbranched alkanes of at least 4 members (excludes halogenated alkanes) is 1. The Morgan fingerprint density at radius 3 is 1.26 bits per heavy atom. The summed E-state index contributed by atoms with van der Waals surface area (Å²) in [5.74, 6) is -9.39. The van der Waals surface area contributed by atoms with Gasteiger partial charge in [-0.25, -0.2) is 0 Å². The molecule has 12 amide bonds. The highest BCUT2D eigenvalue weighted by atomic mass is 16.2. The lowest BCUT2D eigenvalue weighted by Gasteiger charge is -2.40. The van der Waals surface area contributed by atoms with Crippen LogP contribution in [0.1, 0.15) is 168 Å². The summed E-state index contributed by atoms with van der Waals surface area (Å²) in [4.78, 5) is 182. The van der Waals surface area contributed by atoms with E-state index in [0.717, 1.165) is 0 Å². The van der Waals surface area contributed by atoms with E-state index in [1.807, 2.05) is 76.2 Å². The molecule has 1 aliphatic heterocycles. The van der Waals surface area contributed by atoms with E-state index >= 15 is 14.4 Å². The molecule has 0 radical (unpaired) electrons. The van der Waals surface area contributed by atoms with Gasteiger partial charge in [0, 0.05) is 55.3 Å². The van der Waals surface area contributed by atoms with Crippen molar-refractivity contribution < 1.29 is 57.5 Å². The summed E-state index contributed by atoms with van der Waals surface area (Å²) >= 11 is 0. The zero-order valence-corrected chi connectivity index (χ0v) is 56.5. The molecule has 25 heteroatoms. The summed E-state index contributed by atoms with van der Waals surface area (Å²) in [5.41, 5.74) is 11.4. The van der Waals surface area contributed by atoms with Gasteiger partial charge in [0.25, 0.3) is 0 Å². The molecule has 1 saturated heterocycles. The average molecular weight is 1230 g/mol. The average Bonchev–Trinajstić information content (AvgIpc) is 3.62. The van der Waals surface area contributed by atoms with Crippen molar-refractivity contribution in [3.63, 3.8) is 0 Å². The minimum atomic E-state index is -1.46. The topological polar surface area (TPSA) is 328 Å². The molecule has 0 spiro atoms. The molecule has 0 saturated carbocycles. The lowest BCUT2D eigenvalue weighted by Crippen LogP contribution is -2.61. The standard InChI is InChI=1S/C62H113N13O12/c1-21-24-44-58(83)69(15)35-52(78)75(28-23-22-27-63)34-51(77)68-53(41(12)13)62(87)71(17)46(30-37(4)5)55(80)66-43(25-26-50(64)76)54(79)65-42(14)57(82)72(18)47(31-38(6)7)60(85)74(20)49(33-40(10)11)61(86)73(19)48(32-39(8)9)59(84)70(16)45(29-36(2)3)56(81)67-44/h36-49,53H,21-35,63H2,1-20H3,(H2,64,76)(H,65,79)(H,66,80)(H,67,81)(H,68,77)/t42-,43-,44+,45+,46+,47+,48+,49+,53+/m1/s1. The SMILES string of the molecule is CCC[C@@H]1NC(=O)[C@H](CC(C)C)N(C)C(=O)[C@H](CC(C)C)N(C)C(=O)[C@H](CC(C)C)N(C)C(=O)[C@H](CC(C)C)N(C)C(=O)[C@@H](C)NC(=O)[C@@H](CCC(N)=O)NC(=O)[C@H](CC(C)C)N(C)C(=O)[C@H](C(C)C)NC(=O)CN(CCCCN)C(=O)CN(C)C1=O. The maximum atomic E-state index is 15.2. The molecular weight excluding hydrogens is 1120 g/mol. The number of nitrogens with two attached hydrogens (primary N) is 2. The van der Waals surface area contributed by atoms with Crippen LogP contribution < -0.4 is 32.7 Å². The summed E-state index contributed by atoms with van der Waals surface area (Å²) in [6.07, 6.45) is 1.57. The van der Waals surface area contributed by atoms with E-state index in [1.165, 1.54) is 83.5 Å². The molecule has 1 aliphatic rings. The van der Waals surface area contributed by atoms with Crippen LogP contribution >= 0.6 is 0 Å². The van der Waals surface area contributed by atoms with Crippen molar-refractivity contribution in [3.8, 4) is 0 Å². The smallest absolute Gasteiger partial charge is 0.245 e. The number of hydrogen-bond donors (Lipinski definition) is 6. The molecule has 1 fully saturated rings. The van der Waals surface area contributed by atoms with Gasteiger partial charge in [-0.05, 0) is 107 Å². The number of amides is 12. The first-order valence-electron chi connectivity index (χ1n) is 31.4. The van der Waals surface area contributed by atoms with Crippen molar-refractivity contribution in [2.24, 2.45) is 47.0 Å². The zero-order chi connectivity index (χ0) is 67.1. The first-order chi connectivity index (χ1) is 40.3. The maximum absolute atomic E-state index is 15.2. The number of carbonyl (C=O) groups excluding carboxylic acids is 12. The highest BCUT2D eigenvalue weighted by Gasteiger charge is 2.43. The third kappa shape index (κ3) is 25.0. The van der Waals surface area contributed by atoms with Crippen molar-refractivity contribution in [3.05, 3.63) is 0 Å². The fraction of sp³-hybridized carbons (Fsp3) is 0.806. The number of likely N-dealkylation sites (N-methyl/N-ethyl adjacent to an activating group) is 6. The quantitative estimate of drug-likeness (QED) is 0.0953. The fourth-order valence-corrected chi connectivity index (χ4v) is 10.7. The maximum Gasteiger partial charge on any atom is 0.245 e. The third-order valence-electron chi connectivity index (χ3n) is 15.8. The minimum absolute atomic E-state index is 0.0628. The van der Waals surface area contributed by atoms with Gasteiger partial charge in [-0.3, -0.25) is 57.5 Å². The number of hydrogen-bond acceptors (Lipinski definition) is 13. The van der Waals surface area contributed by atoms with Gasteiger partial charge in [-0.15, -0.1) is 0 Å². The number of carbonyl (C=O) groups is 12. The second-order valence-electron chi connectivity index (χ2n) is 26.4. The third-order valence-corrected chi connectivity index (χ3v) is 15.8. The van der Waals surface area contributed by atoms with Crippen LogP contribution in [0, 0.1) is 35.5 Å². The Balaban J connectivity index is 4.34. The summed E-state index contributed by atoms with van der Waals surface area (Å²) in [7, 11) is 8.66. The largest absolute Gasteiger partial charge is 0.370 e. The van der Waals surface area contributed by atoms with Gasteiger partial charge in [0.2, 0.25) is 70.9 Å². The number of rotatable bonds is 20. The van der Waals surface area contributed by atoms with Gasteiger partial charge >= 0.3 is 0 Å². The summed E-state index contributed by atoms with van der Waals surface area (Å²) in [6, 6.07) is -10.9. The predicted octanol–water partition coefficient (Wildman–Crippen LogP) is 2.07. The first-order valence-corrected chi connectivity index (χ1v) is 31.4. The molecular formula is C62H113N13O12. The van der Waals surface area contributed by atoms with Crippen molar-refractivity contribution in [1.82, 2.24) is 55.6 Å². The van der Waals surface area contributed by atoms with Crippen LogP contribution in [0.2, 0.25) is 0 Å². The lowest BCUT2D eigenvalue weighted by molar-refractivity contribution is -0.155. The summed E-state index contributed by atoms with van der Waals surface area (Å²) < 4.78 is 0. The molecule has 87 heavy (non-hydrogen) atoms. The molecule has 0 aliphatic carbocycles. The summed E-state index contributed by atoms with van der Waals surface area (Å²) in [6.45, 7) is 24.7. The van der Waals surface area contributed by atoms with Crippen LogP contribution in [0.4, 0.5) is 0 Å². The normalized spacial score (nSPS) is 24.8. The van der Waals surface area contributed by atoms with Crippen LogP contribution in [0.3, 0.4) is 0 Å². The molecule has 8 N–H and O–H groups in total. The Kier molecular flexibility index (Phi) is 33.8. The molecule has 0 aromatic carbocycles. The highest BCUT2D eigenvalue weighted by molar-refractivity contribution is 5.99. The van der Waals surface area contributed by atoms with Gasteiger partial charge in [0.1, 0.15) is 54.4 Å². The Bertz CT molecular complexity index is 2330. The van der Waals surface area contributed by atoms with E-state index in [-0.39, 0.29) is 87.5 Å². The van der Waals surface area contributed by atoms with Crippen LogP contribution in [0.15, 0.2) is 0 Å². The highest BCUT2D eigenvalue weighted by Crippen LogP contribution is 2.25. The summed E-state index contributed by atoms with van der Waals surface area (Å²) in [5, 5.41) is 11.0. The molecule has 1 heterocycles. The molecule has 0 bridgehead atoms. The van der Waals surface area contributed by atoms with Gasteiger partial charge in [0.05, 0.1) is 13.1 Å². The van der Waals surface area contributed by atoms with E-state index in [1.54, 1.807) is 13.8 Å². The zero-order valence-electron chi connectivity index (χ0n) is 56.5. The Labute approximate surface area is 519 Å². The monoisotopic (exact) mass is 1230 g/mol. The van der Waals surface area contributed by atoms with E-state index < -0.39 is 144 Å². The molecule has 1 rings (SSSR count). The molecule has 0 aromatic rings. The van der Waals surface area contributed by atoms with Crippen molar-refractivity contribution in [1.29, 1.82) is 0 Å². The minimum Gasteiger partial charge on any atom is -0.370 e. The van der Waals surface area contributed by atoms with E-state index in [9.17, 15) is 43.2 Å². The first kappa shape index (κ1) is 78.6. The molecule has 25 nitrogen and oxygen atoms in total. The van der Waals surface area contributed by atoms with Crippen LogP contribution in [0.25, 0.3) is 0 Å². The molecule has 0 unspecified atom stereocenters. The number of nitrogens with zero attached hydrogens (tertiary/aromatic N) is 7. The molecule has 9 atom stereocenters. The van der Waals surface area contributed by atoms with E-state index in [2.05, 4.69) is 21.3 Å². The fourth-order valence-electron chi connectivity index (χ4n) is 10.7. The molecule has 0 aromatic heterocycles. The molecule has 498 valence electrons. The lowest BCUT2D eigenvalue weighted by atomic mass is 9.95. The Hall–Kier alpha value is -6.40. The van der Waals surface area contributed by atoms with Gasteiger partial charge in [-0.2, -0.15) is 0 Å². The van der Waals surface area contributed by atoms with Crippen LogP contribution in [-0.2, 0) is 57.5 Å². The van der Waals surface area contributed by atoms with Crippen LogP contribution in [-0.4, -0.2) is 228 Å². The van der Waals surface area contributed by atoms with Crippen molar-refractivity contribution in [2.75, 3.05) is 68.5 Å². The Morgan fingerprint density at radius 1 is 0.483 bits per heavy atom. The van der Waals surface area contributed by atoms with Gasteiger partial charge in [-0.1, -0.05) is 96.4 Å². The van der Waals surface area contributed by atoms with Gasteiger partial charge < -0.3 is 67.0 Å². The predicted molar refractivity (Wildman–Crippen MR) is 334 cm³/mol. The van der Waals surface area contributed by atoms with Crippen molar-refractivity contribution in [2.45, 2.75) is 222 Å². The second-order valence-corrected chi connectivity index (χ2v) is 26.4. The number of nitrogens with one attached hydrogen (secondary N) is 4. The van der Waals surface area contributed by atoms with Crippen LogP contribution in [0.5, 0.6) is 0 Å². The van der Waals surface area contributed by atoms with E-state index in [4.69, 9.17) is 11.5 Å². The van der Waals surface area contributed by atoms with E-state index in [0.29, 0.717) is 25.8 Å². The second kappa shape index (κ2) is 37.4.